The number of aryl methyl sites for hydroxylation is 1. The van der Waals surface area contributed by atoms with Crippen LogP contribution >= 0.6 is 0 Å². The molecular formula is C26H27N3O6. The van der Waals surface area contributed by atoms with Crippen LogP contribution in [-0.2, 0) is 9.59 Å². The molecule has 0 radical (unpaired) electrons. The number of nitrogens with one attached hydrogen (secondary N) is 3. The summed E-state index contributed by atoms with van der Waals surface area (Å²) in [7, 11) is 2.96. The Labute approximate surface area is 203 Å². The second kappa shape index (κ2) is 11.6. The third kappa shape index (κ3) is 6.73. The summed E-state index contributed by atoms with van der Waals surface area (Å²) in [5.74, 6) is 0.0819. The van der Waals surface area contributed by atoms with Crippen molar-refractivity contribution in [2.75, 3.05) is 36.8 Å². The highest BCUT2D eigenvalue weighted by molar-refractivity contribution is 6.07. The highest BCUT2D eigenvalue weighted by Gasteiger charge is 2.15. The van der Waals surface area contributed by atoms with Crippen LogP contribution in [0.5, 0.6) is 17.2 Å². The summed E-state index contributed by atoms with van der Waals surface area (Å²) >= 11 is 0. The number of rotatable bonds is 9. The normalized spacial score (nSPS) is 10.2. The Kier molecular flexibility index (Phi) is 8.29. The topological polar surface area (TPSA) is 115 Å². The van der Waals surface area contributed by atoms with E-state index < -0.39 is 5.91 Å². The molecule has 3 N–H and O–H groups in total. The maximum absolute atomic E-state index is 12.9. The van der Waals surface area contributed by atoms with Crippen molar-refractivity contribution in [2.24, 2.45) is 0 Å². The summed E-state index contributed by atoms with van der Waals surface area (Å²) in [6.45, 7) is 3.00. The predicted molar refractivity (Wildman–Crippen MR) is 134 cm³/mol. The number of amides is 3. The van der Waals surface area contributed by atoms with Crippen LogP contribution in [0, 0.1) is 6.92 Å². The van der Waals surface area contributed by atoms with Gasteiger partial charge in [-0.25, -0.2) is 0 Å². The van der Waals surface area contributed by atoms with Gasteiger partial charge in [0.15, 0.2) is 18.1 Å². The fraction of sp³-hybridized carbons (Fsp3) is 0.192. The molecule has 0 aliphatic carbocycles. The van der Waals surface area contributed by atoms with Gasteiger partial charge in [-0.1, -0.05) is 18.2 Å². The third-order valence-electron chi connectivity index (χ3n) is 4.90. The minimum absolute atomic E-state index is 0.248. The molecule has 0 unspecified atom stereocenters. The van der Waals surface area contributed by atoms with E-state index in [-0.39, 0.29) is 24.2 Å². The number of para-hydroxylation sites is 2. The zero-order chi connectivity index (χ0) is 25.4. The molecule has 0 saturated carbocycles. The standard InChI is InChI=1S/C26H27N3O6/c1-16-9-11-19(27-17(2)30)21(13-16)29-26(32)18-10-12-23(24(14-18)34-4)35-15-25(31)28-20-7-5-6-8-22(20)33-3/h5-14H,15H2,1-4H3,(H,27,30)(H,28,31)(H,29,32). The van der Waals surface area contributed by atoms with Crippen LogP contribution in [0.25, 0.3) is 0 Å². The van der Waals surface area contributed by atoms with E-state index in [0.29, 0.717) is 34.1 Å². The van der Waals surface area contributed by atoms with Gasteiger partial charge < -0.3 is 30.2 Å². The van der Waals surface area contributed by atoms with E-state index in [2.05, 4.69) is 16.0 Å². The lowest BCUT2D eigenvalue weighted by atomic mass is 10.1. The molecule has 3 aromatic carbocycles. The first-order chi connectivity index (χ1) is 16.8. The van der Waals surface area contributed by atoms with Crippen molar-refractivity contribution >= 4 is 34.8 Å². The second-order valence-electron chi connectivity index (χ2n) is 7.59. The number of methoxy groups -OCH3 is 2. The Balaban J connectivity index is 1.69. The number of carbonyl (C=O) groups is 3. The second-order valence-corrected chi connectivity index (χ2v) is 7.59. The lowest BCUT2D eigenvalue weighted by Gasteiger charge is -2.15. The SMILES string of the molecule is COc1ccccc1NC(=O)COc1ccc(C(=O)Nc2cc(C)ccc2NC(C)=O)cc1OC. The molecule has 0 bridgehead atoms. The molecule has 0 fully saturated rings. The number of anilines is 3. The average molecular weight is 478 g/mol. The first kappa shape index (κ1) is 25.1. The van der Waals surface area contributed by atoms with Gasteiger partial charge in [0.1, 0.15) is 5.75 Å². The Hall–Kier alpha value is -4.53. The van der Waals surface area contributed by atoms with E-state index >= 15 is 0 Å². The van der Waals surface area contributed by atoms with Crippen molar-refractivity contribution in [3.63, 3.8) is 0 Å². The van der Waals surface area contributed by atoms with E-state index in [4.69, 9.17) is 14.2 Å². The van der Waals surface area contributed by atoms with Crippen molar-refractivity contribution in [1.82, 2.24) is 0 Å². The van der Waals surface area contributed by atoms with Crippen LogP contribution in [-0.4, -0.2) is 38.5 Å². The molecule has 3 aromatic rings. The van der Waals surface area contributed by atoms with E-state index in [1.807, 2.05) is 13.0 Å². The van der Waals surface area contributed by atoms with Crippen LogP contribution in [0.1, 0.15) is 22.8 Å². The summed E-state index contributed by atoms with van der Waals surface area (Å²) in [6, 6.07) is 17.0. The van der Waals surface area contributed by atoms with Crippen molar-refractivity contribution in [2.45, 2.75) is 13.8 Å². The molecule has 0 aliphatic rings. The Morgan fingerprint density at radius 1 is 0.743 bits per heavy atom. The average Bonchev–Trinajstić information content (AvgIpc) is 2.84. The minimum atomic E-state index is -0.402. The number of ether oxygens (including phenoxy) is 3. The fourth-order valence-electron chi connectivity index (χ4n) is 3.26. The van der Waals surface area contributed by atoms with Gasteiger partial charge in [0.25, 0.3) is 11.8 Å². The largest absolute Gasteiger partial charge is 0.495 e. The van der Waals surface area contributed by atoms with Crippen molar-refractivity contribution in [3.05, 3.63) is 71.8 Å². The summed E-state index contributed by atoms with van der Waals surface area (Å²) in [6.07, 6.45) is 0. The summed E-state index contributed by atoms with van der Waals surface area (Å²) in [4.78, 5) is 36.7. The highest BCUT2D eigenvalue weighted by atomic mass is 16.5. The lowest BCUT2D eigenvalue weighted by Crippen LogP contribution is -2.20. The molecule has 9 nitrogen and oxygen atoms in total. The van der Waals surface area contributed by atoms with Crippen molar-refractivity contribution in [1.29, 1.82) is 0 Å². The zero-order valence-corrected chi connectivity index (χ0v) is 19.9. The van der Waals surface area contributed by atoms with Crippen LogP contribution in [0.15, 0.2) is 60.7 Å². The van der Waals surface area contributed by atoms with E-state index in [1.54, 1.807) is 48.5 Å². The monoisotopic (exact) mass is 477 g/mol. The molecule has 9 heteroatoms. The molecule has 0 aliphatic heterocycles. The van der Waals surface area contributed by atoms with Crippen molar-refractivity contribution < 1.29 is 28.6 Å². The number of hydrogen-bond acceptors (Lipinski definition) is 6. The minimum Gasteiger partial charge on any atom is -0.495 e. The third-order valence-corrected chi connectivity index (χ3v) is 4.90. The molecule has 0 spiro atoms. The molecule has 0 aromatic heterocycles. The fourth-order valence-corrected chi connectivity index (χ4v) is 3.26. The Morgan fingerprint density at radius 3 is 2.20 bits per heavy atom. The molecule has 3 amide bonds. The van der Waals surface area contributed by atoms with Gasteiger partial charge in [0.2, 0.25) is 5.91 Å². The maximum atomic E-state index is 12.9. The smallest absolute Gasteiger partial charge is 0.262 e. The molecule has 0 saturated heterocycles. The quantitative estimate of drug-likeness (QED) is 0.425. The first-order valence-corrected chi connectivity index (χ1v) is 10.7. The van der Waals surface area contributed by atoms with Gasteiger partial charge in [-0.3, -0.25) is 14.4 Å². The van der Waals surface area contributed by atoms with Gasteiger partial charge in [-0.15, -0.1) is 0 Å². The highest BCUT2D eigenvalue weighted by Crippen LogP contribution is 2.30. The lowest BCUT2D eigenvalue weighted by molar-refractivity contribution is -0.118. The first-order valence-electron chi connectivity index (χ1n) is 10.7. The summed E-state index contributed by atoms with van der Waals surface area (Å²) in [5.41, 5.74) is 2.71. The maximum Gasteiger partial charge on any atom is 0.262 e. The molecule has 3 rings (SSSR count). The van der Waals surface area contributed by atoms with Crippen LogP contribution in [0.4, 0.5) is 17.1 Å². The van der Waals surface area contributed by atoms with E-state index in [1.165, 1.54) is 27.2 Å². The van der Waals surface area contributed by atoms with Crippen LogP contribution in [0.3, 0.4) is 0 Å². The van der Waals surface area contributed by atoms with Gasteiger partial charge in [0.05, 0.1) is 31.3 Å². The zero-order valence-electron chi connectivity index (χ0n) is 19.9. The molecule has 0 atom stereocenters. The molecule has 0 heterocycles. The summed E-state index contributed by atoms with van der Waals surface area (Å²) in [5, 5.41) is 8.23. The molecule has 182 valence electrons. The van der Waals surface area contributed by atoms with Gasteiger partial charge in [-0.2, -0.15) is 0 Å². The molecule has 35 heavy (non-hydrogen) atoms. The molecular weight excluding hydrogens is 450 g/mol. The number of benzene rings is 3. The van der Waals surface area contributed by atoms with Crippen LogP contribution in [0.2, 0.25) is 0 Å². The Morgan fingerprint density at radius 2 is 1.49 bits per heavy atom. The van der Waals surface area contributed by atoms with Crippen molar-refractivity contribution in [3.8, 4) is 17.2 Å². The number of hydrogen-bond donors (Lipinski definition) is 3. The summed E-state index contributed by atoms with van der Waals surface area (Å²) < 4.78 is 16.2. The van der Waals surface area contributed by atoms with Gasteiger partial charge in [0, 0.05) is 12.5 Å². The van der Waals surface area contributed by atoms with Gasteiger partial charge >= 0.3 is 0 Å². The van der Waals surface area contributed by atoms with E-state index in [9.17, 15) is 14.4 Å². The van der Waals surface area contributed by atoms with Crippen LogP contribution < -0.4 is 30.2 Å². The van der Waals surface area contributed by atoms with Gasteiger partial charge in [-0.05, 0) is 55.0 Å². The Bertz CT molecular complexity index is 1240. The predicted octanol–water partition coefficient (Wildman–Crippen LogP) is 4.24. The number of carbonyl (C=O) groups excluding carboxylic acids is 3. The van der Waals surface area contributed by atoms with E-state index in [0.717, 1.165) is 5.56 Å².